The molecule has 0 aromatic rings. The summed E-state index contributed by atoms with van der Waals surface area (Å²) in [5.74, 6) is -0.897. The molecule has 4 nitrogen and oxygen atoms in total. The van der Waals surface area contributed by atoms with E-state index < -0.39 is 5.92 Å². The summed E-state index contributed by atoms with van der Waals surface area (Å²) in [6.07, 6.45) is 6.53. The van der Waals surface area contributed by atoms with Gasteiger partial charge < -0.3 is 10.1 Å². The van der Waals surface area contributed by atoms with Crippen molar-refractivity contribution < 1.29 is 14.3 Å². The summed E-state index contributed by atoms with van der Waals surface area (Å²) in [5.41, 5.74) is 3.30. The lowest BCUT2D eigenvalue weighted by Gasteiger charge is -2.14. The minimum Gasteiger partial charge on any atom is -0.466 e. The zero-order valence-electron chi connectivity index (χ0n) is 14.9. The van der Waals surface area contributed by atoms with Crippen molar-refractivity contribution in [2.45, 2.75) is 72.1 Å². The minimum atomic E-state index is -0.480. The number of allylic oxidation sites excluding steroid dienone is 1. The van der Waals surface area contributed by atoms with Gasteiger partial charge in [-0.05, 0) is 26.2 Å². The number of carbonyl (C=O) groups is 2. The molecule has 23 heavy (non-hydrogen) atoms. The van der Waals surface area contributed by atoms with E-state index in [1.807, 2.05) is 6.92 Å². The van der Waals surface area contributed by atoms with Crippen molar-refractivity contribution in [2.75, 3.05) is 6.61 Å². The summed E-state index contributed by atoms with van der Waals surface area (Å²) < 4.78 is 5.17. The summed E-state index contributed by atoms with van der Waals surface area (Å²) in [6, 6.07) is 0. The maximum atomic E-state index is 12.1. The first kappa shape index (κ1) is 21.3. The number of Topliss-reactive ketones (excluding diaryl/α,β-unsaturated/α-hetero) is 1. The first-order valence-electron chi connectivity index (χ1n) is 8.61. The molecule has 130 valence electrons. The first-order valence-corrected chi connectivity index (χ1v) is 8.61. The Morgan fingerprint density at radius 2 is 1.78 bits per heavy atom. The van der Waals surface area contributed by atoms with Crippen LogP contribution in [0, 0.1) is 11.3 Å². The largest absolute Gasteiger partial charge is 0.466 e. The molecule has 1 atom stereocenters. The fourth-order valence-corrected chi connectivity index (χ4v) is 2.31. The molecule has 4 heteroatoms. The number of rotatable bonds is 13. The van der Waals surface area contributed by atoms with Crippen LogP contribution in [0.3, 0.4) is 0 Å². The normalized spacial score (nSPS) is 11.4. The van der Waals surface area contributed by atoms with Crippen molar-refractivity contribution in [3.63, 3.8) is 0 Å². The molecule has 1 unspecified atom stereocenters. The SMILES string of the molecule is C=C=C(C)C(=O)C(CC)C(=N)CCC(=O)OCCCCCCC. The molecular formula is C19H31NO3. The second-order valence-electron chi connectivity index (χ2n) is 5.79. The van der Waals surface area contributed by atoms with Gasteiger partial charge >= 0.3 is 5.97 Å². The van der Waals surface area contributed by atoms with Gasteiger partial charge in [-0.15, -0.1) is 5.73 Å². The van der Waals surface area contributed by atoms with Crippen molar-refractivity contribution in [3.8, 4) is 0 Å². The van der Waals surface area contributed by atoms with Crippen LogP contribution in [-0.2, 0) is 14.3 Å². The van der Waals surface area contributed by atoms with Crippen LogP contribution >= 0.6 is 0 Å². The molecule has 0 saturated carbocycles. The van der Waals surface area contributed by atoms with E-state index in [-0.39, 0.29) is 30.3 Å². The molecule has 0 aromatic carbocycles. The predicted octanol–water partition coefficient (Wildman–Crippen LogP) is 4.63. The molecule has 0 aliphatic heterocycles. The van der Waals surface area contributed by atoms with Crippen LogP contribution in [0.2, 0.25) is 0 Å². The molecule has 0 radical (unpaired) electrons. The van der Waals surface area contributed by atoms with Crippen LogP contribution in [0.5, 0.6) is 0 Å². The third-order valence-corrected chi connectivity index (χ3v) is 3.89. The monoisotopic (exact) mass is 321 g/mol. The third kappa shape index (κ3) is 9.14. The Hall–Kier alpha value is -1.67. The average Bonchev–Trinajstić information content (AvgIpc) is 2.55. The van der Waals surface area contributed by atoms with Gasteiger partial charge in [0.1, 0.15) is 0 Å². The summed E-state index contributed by atoms with van der Waals surface area (Å²) in [7, 11) is 0. The van der Waals surface area contributed by atoms with Crippen LogP contribution in [0.4, 0.5) is 0 Å². The Morgan fingerprint density at radius 3 is 2.35 bits per heavy atom. The van der Waals surface area contributed by atoms with E-state index in [4.69, 9.17) is 10.1 Å². The van der Waals surface area contributed by atoms with Gasteiger partial charge in [0.05, 0.1) is 18.9 Å². The summed E-state index contributed by atoms with van der Waals surface area (Å²) in [6.45, 7) is 9.59. The number of ether oxygens (including phenoxy) is 1. The molecule has 1 N–H and O–H groups in total. The van der Waals surface area contributed by atoms with E-state index in [2.05, 4.69) is 19.2 Å². The van der Waals surface area contributed by atoms with Crippen LogP contribution < -0.4 is 0 Å². The number of esters is 1. The molecule has 0 amide bonds. The number of hydrogen-bond acceptors (Lipinski definition) is 4. The Labute approximate surface area is 140 Å². The predicted molar refractivity (Wildman–Crippen MR) is 93.8 cm³/mol. The van der Waals surface area contributed by atoms with Gasteiger partial charge in [-0.25, -0.2) is 0 Å². The fraction of sp³-hybridized carbons (Fsp3) is 0.684. The summed E-state index contributed by atoms with van der Waals surface area (Å²) in [4.78, 5) is 23.8. The molecule has 0 rings (SSSR count). The highest BCUT2D eigenvalue weighted by atomic mass is 16.5. The molecular weight excluding hydrogens is 290 g/mol. The van der Waals surface area contributed by atoms with Crippen molar-refractivity contribution in [1.29, 1.82) is 5.41 Å². The first-order chi connectivity index (χ1) is 11.0. The van der Waals surface area contributed by atoms with E-state index in [0.717, 1.165) is 12.8 Å². The topological polar surface area (TPSA) is 67.2 Å². The molecule has 0 aliphatic rings. The number of hydrogen-bond donors (Lipinski definition) is 1. The second-order valence-corrected chi connectivity index (χ2v) is 5.79. The lowest BCUT2D eigenvalue weighted by molar-refractivity contribution is -0.143. The van der Waals surface area contributed by atoms with E-state index in [9.17, 15) is 9.59 Å². The van der Waals surface area contributed by atoms with Crippen molar-refractivity contribution >= 4 is 17.5 Å². The minimum absolute atomic E-state index is 0.128. The van der Waals surface area contributed by atoms with Crippen LogP contribution in [-0.4, -0.2) is 24.1 Å². The van der Waals surface area contributed by atoms with E-state index >= 15 is 0 Å². The van der Waals surface area contributed by atoms with Crippen molar-refractivity contribution in [2.24, 2.45) is 5.92 Å². The highest BCUT2D eigenvalue weighted by Crippen LogP contribution is 2.15. The van der Waals surface area contributed by atoms with Gasteiger partial charge in [-0.3, -0.25) is 9.59 Å². The number of carbonyl (C=O) groups excluding carboxylic acids is 2. The zero-order valence-corrected chi connectivity index (χ0v) is 14.9. The molecule has 0 spiro atoms. The number of ketones is 1. The maximum absolute atomic E-state index is 12.1. The number of unbranched alkanes of at least 4 members (excludes halogenated alkanes) is 4. The van der Waals surface area contributed by atoms with Gasteiger partial charge in [0.2, 0.25) is 0 Å². The standard InChI is InChI=1S/C19H31NO3/c1-5-8-9-10-11-14-23-18(21)13-12-17(20)16(7-3)19(22)15(4)6-2/h16,20H,2,5,7-14H2,1,3-4H3. The van der Waals surface area contributed by atoms with Crippen molar-refractivity contribution in [1.82, 2.24) is 0 Å². The molecule has 0 heterocycles. The summed E-state index contributed by atoms with van der Waals surface area (Å²) >= 11 is 0. The van der Waals surface area contributed by atoms with Crippen LogP contribution in [0.1, 0.15) is 72.1 Å². The molecule has 0 aromatic heterocycles. The van der Waals surface area contributed by atoms with Crippen LogP contribution in [0.15, 0.2) is 17.9 Å². The molecule has 0 saturated heterocycles. The Morgan fingerprint density at radius 1 is 1.13 bits per heavy atom. The Bertz CT molecular complexity index is 448. The quantitative estimate of drug-likeness (QED) is 0.177. The lowest BCUT2D eigenvalue weighted by Crippen LogP contribution is -2.24. The Balaban J connectivity index is 4.09. The van der Waals surface area contributed by atoms with Gasteiger partial charge in [-0.1, -0.05) is 46.1 Å². The fourth-order valence-electron chi connectivity index (χ4n) is 2.31. The molecule has 0 bridgehead atoms. The average molecular weight is 321 g/mol. The van der Waals surface area contributed by atoms with Crippen LogP contribution in [0.25, 0.3) is 0 Å². The maximum Gasteiger partial charge on any atom is 0.306 e. The van der Waals surface area contributed by atoms with Crippen molar-refractivity contribution in [3.05, 3.63) is 17.9 Å². The summed E-state index contributed by atoms with van der Waals surface area (Å²) in [5, 5.41) is 8.04. The van der Waals surface area contributed by atoms with E-state index in [0.29, 0.717) is 18.6 Å². The highest BCUT2D eigenvalue weighted by molar-refractivity contribution is 6.11. The second kappa shape index (κ2) is 12.8. The molecule has 0 fully saturated rings. The van der Waals surface area contributed by atoms with E-state index in [1.165, 1.54) is 19.3 Å². The number of nitrogens with one attached hydrogen (secondary N) is 1. The van der Waals surface area contributed by atoms with Gasteiger partial charge in [0, 0.05) is 11.3 Å². The smallest absolute Gasteiger partial charge is 0.306 e. The Kier molecular flexibility index (Phi) is 11.9. The zero-order chi connectivity index (χ0) is 17.7. The van der Waals surface area contributed by atoms with Gasteiger partial charge in [0.25, 0.3) is 0 Å². The van der Waals surface area contributed by atoms with Gasteiger partial charge in [-0.2, -0.15) is 0 Å². The van der Waals surface area contributed by atoms with Gasteiger partial charge in [0.15, 0.2) is 5.78 Å². The molecule has 0 aliphatic carbocycles. The third-order valence-electron chi connectivity index (χ3n) is 3.89. The van der Waals surface area contributed by atoms with E-state index in [1.54, 1.807) is 6.92 Å². The highest BCUT2D eigenvalue weighted by Gasteiger charge is 2.23. The lowest BCUT2D eigenvalue weighted by atomic mass is 9.89.